The molecule has 0 fully saturated rings. The van der Waals surface area contributed by atoms with Crippen LogP contribution in [0.25, 0.3) is 0 Å². The Bertz CT molecular complexity index is 1450. The first-order chi connectivity index (χ1) is 17.9. The number of nitrogens with zero attached hydrogens (tertiary/aromatic N) is 2. The van der Waals surface area contributed by atoms with Crippen molar-refractivity contribution in [1.29, 1.82) is 0 Å². The average Bonchev–Trinajstić information content (AvgIpc) is 2.88. The van der Waals surface area contributed by atoms with Gasteiger partial charge in [-0.25, -0.2) is 8.42 Å². The van der Waals surface area contributed by atoms with Crippen molar-refractivity contribution in [1.82, 2.24) is 10.2 Å². The van der Waals surface area contributed by atoms with E-state index >= 15 is 0 Å². The number of halogens is 3. The molecule has 1 N–H and O–H groups in total. The molecule has 0 aliphatic heterocycles. The van der Waals surface area contributed by atoms with Crippen LogP contribution in [-0.2, 0) is 26.2 Å². The standard InChI is InChI=1S/C27H28Cl3N3O4S/c1-17-8-12-22(13-9-17)38(36,37)33(25-7-5-6-23(29)18(25)2)16-26(34)32(19(3)27(35)31-4)15-20-10-11-21(28)14-24(20)30/h5-14,19H,15-16H2,1-4H3,(H,31,35). The second-order valence-electron chi connectivity index (χ2n) is 8.76. The lowest BCUT2D eigenvalue weighted by atomic mass is 10.1. The van der Waals surface area contributed by atoms with Crippen molar-refractivity contribution in [3.63, 3.8) is 0 Å². The topological polar surface area (TPSA) is 86.8 Å². The van der Waals surface area contributed by atoms with Gasteiger partial charge in [0.2, 0.25) is 11.8 Å². The monoisotopic (exact) mass is 595 g/mol. The third-order valence-corrected chi connectivity index (χ3v) is 8.94. The molecule has 0 aliphatic rings. The van der Waals surface area contributed by atoms with Gasteiger partial charge in [0.25, 0.3) is 10.0 Å². The molecule has 3 aromatic rings. The Morgan fingerprint density at radius 3 is 2.21 bits per heavy atom. The van der Waals surface area contributed by atoms with Crippen molar-refractivity contribution >= 4 is 62.3 Å². The second-order valence-corrected chi connectivity index (χ2v) is 11.9. The molecule has 202 valence electrons. The van der Waals surface area contributed by atoms with Crippen LogP contribution in [0.5, 0.6) is 0 Å². The minimum absolute atomic E-state index is 0.0157. The van der Waals surface area contributed by atoms with E-state index in [2.05, 4.69) is 5.32 Å². The summed E-state index contributed by atoms with van der Waals surface area (Å²) in [6, 6.07) is 15.1. The molecule has 0 bridgehead atoms. The number of benzene rings is 3. The summed E-state index contributed by atoms with van der Waals surface area (Å²) in [4.78, 5) is 27.7. The van der Waals surface area contributed by atoms with E-state index in [-0.39, 0.29) is 17.1 Å². The third kappa shape index (κ3) is 6.61. The molecule has 0 heterocycles. The van der Waals surface area contributed by atoms with E-state index in [1.165, 1.54) is 30.1 Å². The van der Waals surface area contributed by atoms with E-state index in [0.717, 1.165) is 9.87 Å². The lowest BCUT2D eigenvalue weighted by Crippen LogP contribution is -2.50. The molecule has 0 aromatic heterocycles. The Morgan fingerprint density at radius 1 is 0.947 bits per heavy atom. The zero-order valence-electron chi connectivity index (χ0n) is 21.3. The van der Waals surface area contributed by atoms with Gasteiger partial charge in [0.15, 0.2) is 0 Å². The van der Waals surface area contributed by atoms with Crippen LogP contribution in [0.3, 0.4) is 0 Å². The summed E-state index contributed by atoms with van der Waals surface area (Å²) >= 11 is 18.7. The quantitative estimate of drug-likeness (QED) is 0.347. The number of hydrogen-bond donors (Lipinski definition) is 1. The highest BCUT2D eigenvalue weighted by atomic mass is 35.5. The second kappa shape index (κ2) is 12.4. The Balaban J connectivity index is 2.09. The first kappa shape index (κ1) is 29.8. The molecule has 0 radical (unpaired) electrons. The van der Waals surface area contributed by atoms with Crippen LogP contribution in [-0.4, -0.2) is 44.8 Å². The molecule has 2 amide bonds. The van der Waals surface area contributed by atoms with Gasteiger partial charge in [0.1, 0.15) is 12.6 Å². The number of hydrogen-bond acceptors (Lipinski definition) is 4. The number of nitrogens with one attached hydrogen (secondary N) is 1. The Kier molecular flexibility index (Phi) is 9.70. The van der Waals surface area contributed by atoms with Crippen molar-refractivity contribution in [3.8, 4) is 0 Å². The SMILES string of the molecule is CNC(=O)C(C)N(Cc1ccc(Cl)cc1Cl)C(=O)CN(c1cccc(Cl)c1C)S(=O)(=O)c1ccc(C)cc1. The maximum atomic E-state index is 13.9. The van der Waals surface area contributed by atoms with E-state index in [4.69, 9.17) is 34.8 Å². The summed E-state index contributed by atoms with van der Waals surface area (Å²) in [6.45, 7) is 4.46. The molecule has 0 spiro atoms. The van der Waals surface area contributed by atoms with Gasteiger partial charge in [-0.1, -0.05) is 64.6 Å². The molecule has 1 unspecified atom stereocenters. The fourth-order valence-electron chi connectivity index (χ4n) is 3.84. The van der Waals surface area contributed by atoms with Gasteiger partial charge < -0.3 is 10.2 Å². The van der Waals surface area contributed by atoms with Gasteiger partial charge >= 0.3 is 0 Å². The maximum absolute atomic E-state index is 13.9. The molecule has 0 saturated heterocycles. The third-order valence-electron chi connectivity index (χ3n) is 6.17. The van der Waals surface area contributed by atoms with E-state index in [0.29, 0.717) is 26.2 Å². The highest BCUT2D eigenvalue weighted by Crippen LogP contribution is 2.31. The van der Waals surface area contributed by atoms with Crippen LogP contribution in [0.4, 0.5) is 5.69 Å². The number of amides is 2. The van der Waals surface area contributed by atoms with Gasteiger partial charge in [-0.05, 0) is 68.3 Å². The van der Waals surface area contributed by atoms with Gasteiger partial charge in [-0.2, -0.15) is 0 Å². The normalized spacial score (nSPS) is 12.1. The number of likely N-dealkylation sites (N-methyl/N-ethyl adjacent to an activating group) is 1. The Hall–Kier alpha value is -2.78. The summed E-state index contributed by atoms with van der Waals surface area (Å²) in [5.74, 6) is -1.03. The maximum Gasteiger partial charge on any atom is 0.264 e. The number of carbonyl (C=O) groups is 2. The van der Waals surface area contributed by atoms with E-state index in [1.807, 2.05) is 6.92 Å². The predicted octanol–water partition coefficient (Wildman–Crippen LogP) is 5.62. The molecule has 38 heavy (non-hydrogen) atoms. The number of sulfonamides is 1. The fraction of sp³-hybridized carbons (Fsp3) is 0.259. The molecule has 11 heteroatoms. The van der Waals surface area contributed by atoms with E-state index in [9.17, 15) is 18.0 Å². The first-order valence-corrected chi connectivity index (χ1v) is 14.2. The van der Waals surface area contributed by atoms with Gasteiger partial charge in [0.05, 0.1) is 10.6 Å². The largest absolute Gasteiger partial charge is 0.357 e. The van der Waals surface area contributed by atoms with Crippen LogP contribution >= 0.6 is 34.8 Å². The number of anilines is 1. The number of rotatable bonds is 9. The first-order valence-electron chi connectivity index (χ1n) is 11.7. The molecule has 3 rings (SSSR count). The predicted molar refractivity (Wildman–Crippen MR) is 152 cm³/mol. The van der Waals surface area contributed by atoms with Crippen molar-refractivity contribution in [2.75, 3.05) is 17.9 Å². The lowest BCUT2D eigenvalue weighted by molar-refractivity contribution is -0.139. The zero-order chi connectivity index (χ0) is 28.2. The Morgan fingerprint density at radius 2 is 1.61 bits per heavy atom. The highest BCUT2D eigenvalue weighted by Gasteiger charge is 2.33. The molecule has 0 saturated carbocycles. The summed E-state index contributed by atoms with van der Waals surface area (Å²) < 4.78 is 28.8. The van der Waals surface area contributed by atoms with E-state index in [1.54, 1.807) is 56.3 Å². The van der Waals surface area contributed by atoms with Gasteiger partial charge in [-0.3, -0.25) is 13.9 Å². The van der Waals surface area contributed by atoms with Crippen molar-refractivity contribution < 1.29 is 18.0 Å². The molecular formula is C27H28Cl3N3O4S. The van der Waals surface area contributed by atoms with Crippen LogP contribution in [0, 0.1) is 13.8 Å². The zero-order valence-corrected chi connectivity index (χ0v) is 24.4. The van der Waals surface area contributed by atoms with Gasteiger partial charge in [-0.15, -0.1) is 0 Å². The van der Waals surface area contributed by atoms with Crippen LogP contribution in [0.15, 0.2) is 65.6 Å². The minimum atomic E-state index is -4.19. The smallest absolute Gasteiger partial charge is 0.264 e. The van der Waals surface area contributed by atoms with Crippen molar-refractivity contribution in [2.24, 2.45) is 0 Å². The molecule has 1 atom stereocenters. The summed E-state index contributed by atoms with van der Waals surface area (Å²) in [5.41, 5.74) is 2.18. The number of aryl methyl sites for hydroxylation is 1. The molecule has 7 nitrogen and oxygen atoms in total. The van der Waals surface area contributed by atoms with Crippen molar-refractivity contribution in [2.45, 2.75) is 38.3 Å². The lowest BCUT2D eigenvalue weighted by Gasteiger charge is -2.32. The highest BCUT2D eigenvalue weighted by molar-refractivity contribution is 7.92. The van der Waals surface area contributed by atoms with Gasteiger partial charge in [0, 0.05) is 28.7 Å². The summed E-state index contributed by atoms with van der Waals surface area (Å²) in [5, 5.41) is 3.62. The van der Waals surface area contributed by atoms with E-state index < -0.39 is 34.4 Å². The summed E-state index contributed by atoms with van der Waals surface area (Å²) in [7, 11) is -2.74. The van der Waals surface area contributed by atoms with Crippen LogP contribution in [0.2, 0.25) is 15.1 Å². The average molecular weight is 597 g/mol. The Labute approximate surface area is 238 Å². The summed E-state index contributed by atoms with van der Waals surface area (Å²) in [6.07, 6.45) is 0. The van der Waals surface area contributed by atoms with Crippen LogP contribution in [0.1, 0.15) is 23.6 Å². The fourth-order valence-corrected chi connectivity index (χ4v) is 5.95. The molecule has 3 aromatic carbocycles. The van der Waals surface area contributed by atoms with Crippen molar-refractivity contribution in [3.05, 3.63) is 92.4 Å². The molecular weight excluding hydrogens is 569 g/mol. The molecule has 0 aliphatic carbocycles. The van der Waals surface area contributed by atoms with Crippen LogP contribution < -0.4 is 9.62 Å². The minimum Gasteiger partial charge on any atom is -0.357 e. The number of carbonyl (C=O) groups excluding carboxylic acids is 2.